The molecule has 2 aromatic heterocycles. The van der Waals surface area contributed by atoms with Gasteiger partial charge in [-0.15, -0.1) is 0 Å². The summed E-state index contributed by atoms with van der Waals surface area (Å²) in [6.07, 6.45) is 3.34. The van der Waals surface area contributed by atoms with Crippen molar-refractivity contribution < 1.29 is 5.11 Å². The summed E-state index contributed by atoms with van der Waals surface area (Å²) in [4.78, 5) is 11.2. The van der Waals surface area contributed by atoms with Gasteiger partial charge < -0.3 is 10.1 Å². The molecule has 0 aliphatic carbocycles. The number of rotatable bonds is 0. The van der Waals surface area contributed by atoms with Gasteiger partial charge >= 0.3 is 0 Å². The Morgan fingerprint density at radius 2 is 2.46 bits per heavy atom. The quantitative estimate of drug-likeness (QED) is 0.563. The van der Waals surface area contributed by atoms with Crippen molar-refractivity contribution in [2.24, 2.45) is 0 Å². The number of aromatic nitrogens is 3. The van der Waals surface area contributed by atoms with E-state index in [1.807, 2.05) is 6.07 Å². The molecule has 0 fully saturated rings. The van der Waals surface area contributed by atoms with E-state index < -0.39 is 0 Å². The summed E-state index contributed by atoms with van der Waals surface area (Å²) in [5.74, 6) is 5.20. The normalized spacial score (nSPS) is 9.62. The molecule has 2 heterocycles. The van der Waals surface area contributed by atoms with Crippen molar-refractivity contribution in [3.8, 4) is 11.8 Å². The average Bonchev–Trinajstić information content (AvgIpc) is 2.61. The molecule has 0 atom stereocenters. The molecule has 2 N–H and O–H groups in total. The number of nitrogens with zero attached hydrogens (tertiary/aromatic N) is 2. The fourth-order valence-corrected chi connectivity index (χ4v) is 1.02. The maximum Gasteiger partial charge on any atom is 0.156 e. The van der Waals surface area contributed by atoms with Crippen molar-refractivity contribution >= 4 is 11.2 Å². The van der Waals surface area contributed by atoms with E-state index in [9.17, 15) is 0 Å². The Morgan fingerprint density at radius 3 is 3.31 bits per heavy atom. The van der Waals surface area contributed by atoms with E-state index in [1.54, 1.807) is 12.4 Å². The summed E-state index contributed by atoms with van der Waals surface area (Å²) < 4.78 is 0. The molecule has 0 bridgehead atoms. The van der Waals surface area contributed by atoms with E-state index in [0.29, 0.717) is 5.69 Å². The molecule has 0 aliphatic rings. The first kappa shape index (κ1) is 7.77. The molecule has 2 rings (SSSR count). The number of nitrogens with one attached hydrogen (secondary N) is 1. The topological polar surface area (TPSA) is 61.8 Å². The molecule has 0 unspecified atom stereocenters. The van der Waals surface area contributed by atoms with Gasteiger partial charge in [0.25, 0.3) is 0 Å². The molecule has 64 valence electrons. The zero-order valence-electron chi connectivity index (χ0n) is 6.78. The molecule has 0 saturated carbocycles. The van der Waals surface area contributed by atoms with Crippen LogP contribution in [-0.4, -0.2) is 26.7 Å². The molecule has 0 spiro atoms. The number of hydrogen-bond donors (Lipinski definition) is 2. The van der Waals surface area contributed by atoms with E-state index in [4.69, 9.17) is 5.11 Å². The highest BCUT2D eigenvalue weighted by Crippen LogP contribution is 2.05. The third-order valence-corrected chi connectivity index (χ3v) is 1.56. The Kier molecular flexibility index (Phi) is 1.94. The highest BCUT2D eigenvalue weighted by molar-refractivity contribution is 5.70. The van der Waals surface area contributed by atoms with Crippen LogP contribution in [0.2, 0.25) is 0 Å². The van der Waals surface area contributed by atoms with Crippen LogP contribution >= 0.6 is 0 Å². The van der Waals surface area contributed by atoms with Crippen LogP contribution in [0, 0.1) is 11.8 Å². The van der Waals surface area contributed by atoms with Gasteiger partial charge in [-0.2, -0.15) is 0 Å². The van der Waals surface area contributed by atoms with Crippen molar-refractivity contribution in [1.29, 1.82) is 0 Å². The Morgan fingerprint density at radius 1 is 1.54 bits per heavy atom. The van der Waals surface area contributed by atoms with E-state index in [1.165, 1.54) is 0 Å². The van der Waals surface area contributed by atoms with Gasteiger partial charge in [0.05, 0.1) is 6.20 Å². The van der Waals surface area contributed by atoms with Crippen molar-refractivity contribution in [1.82, 2.24) is 15.0 Å². The third-order valence-electron chi connectivity index (χ3n) is 1.56. The highest BCUT2D eigenvalue weighted by atomic mass is 16.2. The molecular formula is C9H7N3O. The Labute approximate surface area is 74.6 Å². The van der Waals surface area contributed by atoms with Gasteiger partial charge in [0.15, 0.2) is 5.65 Å². The molecule has 2 aromatic rings. The second kappa shape index (κ2) is 3.25. The van der Waals surface area contributed by atoms with Crippen LogP contribution in [-0.2, 0) is 0 Å². The van der Waals surface area contributed by atoms with Crippen LogP contribution in [0.3, 0.4) is 0 Å². The van der Waals surface area contributed by atoms with Gasteiger partial charge in [-0.1, -0.05) is 5.92 Å². The van der Waals surface area contributed by atoms with Gasteiger partial charge in [0.2, 0.25) is 0 Å². The summed E-state index contributed by atoms with van der Waals surface area (Å²) in [5.41, 5.74) is 2.10. The van der Waals surface area contributed by atoms with Crippen LogP contribution in [0.25, 0.3) is 11.2 Å². The molecular weight excluding hydrogens is 166 g/mol. The predicted molar refractivity (Wildman–Crippen MR) is 47.9 cm³/mol. The van der Waals surface area contributed by atoms with Crippen LogP contribution in [0.4, 0.5) is 0 Å². The molecule has 0 aromatic carbocycles. The first-order valence-electron chi connectivity index (χ1n) is 3.80. The van der Waals surface area contributed by atoms with Gasteiger partial charge in [0.1, 0.15) is 17.8 Å². The average molecular weight is 173 g/mol. The fraction of sp³-hybridized carbons (Fsp3) is 0.111. The lowest BCUT2D eigenvalue weighted by atomic mass is 10.4. The largest absolute Gasteiger partial charge is 0.384 e. The summed E-state index contributed by atoms with van der Waals surface area (Å²) in [7, 11) is 0. The number of fused-ring (bicyclic) bond motifs is 1. The minimum absolute atomic E-state index is 0.160. The minimum atomic E-state index is -0.160. The monoisotopic (exact) mass is 173 g/mol. The third kappa shape index (κ3) is 1.50. The smallest absolute Gasteiger partial charge is 0.156 e. The lowest BCUT2D eigenvalue weighted by molar-refractivity contribution is 0.350. The lowest BCUT2D eigenvalue weighted by Crippen LogP contribution is -1.86. The maximum atomic E-state index is 8.47. The zero-order valence-corrected chi connectivity index (χ0v) is 6.78. The predicted octanol–water partition coefficient (Wildman–Crippen LogP) is 0.302. The van der Waals surface area contributed by atoms with E-state index in [-0.39, 0.29) is 6.61 Å². The number of aliphatic hydroxyl groups excluding tert-OH is 1. The minimum Gasteiger partial charge on any atom is -0.384 e. The highest BCUT2D eigenvalue weighted by Gasteiger charge is 1.96. The molecule has 4 heteroatoms. The number of H-pyrrole nitrogens is 1. The van der Waals surface area contributed by atoms with Gasteiger partial charge in [0, 0.05) is 6.20 Å². The van der Waals surface area contributed by atoms with Crippen LogP contribution in [0.15, 0.2) is 18.5 Å². The summed E-state index contributed by atoms with van der Waals surface area (Å²) in [5, 5.41) is 8.47. The molecule has 4 nitrogen and oxygen atoms in total. The molecule has 13 heavy (non-hydrogen) atoms. The Balaban J connectivity index is 2.48. The van der Waals surface area contributed by atoms with Crippen molar-refractivity contribution in [2.45, 2.75) is 0 Å². The Hall–Kier alpha value is -1.86. The second-order valence-corrected chi connectivity index (χ2v) is 2.43. The maximum absolute atomic E-state index is 8.47. The second-order valence-electron chi connectivity index (χ2n) is 2.43. The van der Waals surface area contributed by atoms with Crippen LogP contribution < -0.4 is 0 Å². The van der Waals surface area contributed by atoms with Crippen molar-refractivity contribution in [3.05, 3.63) is 24.2 Å². The molecule has 0 aliphatic heterocycles. The first-order chi connectivity index (χ1) is 6.40. The SMILES string of the molecule is OCC#Cc1cnc2[nH]ccc2n1. The molecule has 0 amide bonds. The van der Waals surface area contributed by atoms with E-state index in [0.717, 1.165) is 11.2 Å². The van der Waals surface area contributed by atoms with E-state index >= 15 is 0 Å². The fourth-order valence-electron chi connectivity index (χ4n) is 1.02. The van der Waals surface area contributed by atoms with Crippen LogP contribution in [0.1, 0.15) is 5.69 Å². The van der Waals surface area contributed by atoms with Gasteiger partial charge in [-0.25, -0.2) is 9.97 Å². The van der Waals surface area contributed by atoms with Gasteiger partial charge in [-0.3, -0.25) is 0 Å². The Bertz CT molecular complexity index is 478. The number of hydrogen-bond acceptors (Lipinski definition) is 3. The zero-order chi connectivity index (χ0) is 9.10. The summed E-state index contributed by atoms with van der Waals surface area (Å²) >= 11 is 0. The van der Waals surface area contributed by atoms with Crippen LogP contribution in [0.5, 0.6) is 0 Å². The summed E-state index contributed by atoms with van der Waals surface area (Å²) in [6, 6.07) is 1.83. The standard InChI is InChI=1S/C9H7N3O/c13-5-1-2-7-6-11-9-8(12-7)3-4-10-9/h3-4,6,13H,5H2,(H,10,11). The van der Waals surface area contributed by atoms with Crippen molar-refractivity contribution in [2.75, 3.05) is 6.61 Å². The summed E-state index contributed by atoms with van der Waals surface area (Å²) in [6.45, 7) is -0.160. The molecule has 0 saturated heterocycles. The lowest BCUT2D eigenvalue weighted by Gasteiger charge is -1.89. The number of aliphatic hydroxyl groups is 1. The number of aromatic amines is 1. The van der Waals surface area contributed by atoms with Gasteiger partial charge in [-0.05, 0) is 12.0 Å². The molecule has 0 radical (unpaired) electrons. The van der Waals surface area contributed by atoms with E-state index in [2.05, 4.69) is 26.8 Å². The van der Waals surface area contributed by atoms with Crippen molar-refractivity contribution in [3.63, 3.8) is 0 Å². The first-order valence-corrected chi connectivity index (χ1v) is 3.80.